The molecule has 1 aromatic heterocycles. The number of nitro benzene ring substituents is 1. The number of non-ortho nitro benzene ring substituents is 1. The van der Waals surface area contributed by atoms with Crippen molar-refractivity contribution in [3.63, 3.8) is 0 Å². The van der Waals surface area contributed by atoms with Gasteiger partial charge in [-0.3, -0.25) is 19.5 Å². The number of rotatable bonds is 7. The molecule has 1 N–H and O–H groups in total. The van der Waals surface area contributed by atoms with Gasteiger partial charge in [-0.25, -0.2) is 4.98 Å². The quantitative estimate of drug-likeness (QED) is 0.380. The summed E-state index contributed by atoms with van der Waals surface area (Å²) in [6, 6.07) is 13.2. The summed E-state index contributed by atoms with van der Waals surface area (Å²) < 4.78 is 7.03. The smallest absolute Gasteiger partial charge is 0.269 e. The monoisotopic (exact) mass is 384 g/mol. The molecule has 9 heteroatoms. The number of nitrogens with one attached hydrogen (secondary N) is 1. The number of amides is 1. The van der Waals surface area contributed by atoms with E-state index in [1.54, 1.807) is 13.3 Å². The molecule has 1 amide bonds. The van der Waals surface area contributed by atoms with Gasteiger partial charge in [0.15, 0.2) is 5.16 Å². The summed E-state index contributed by atoms with van der Waals surface area (Å²) in [5.41, 5.74) is 1.39. The lowest BCUT2D eigenvalue weighted by molar-refractivity contribution is -0.384. The molecule has 1 heterocycles. The van der Waals surface area contributed by atoms with E-state index >= 15 is 0 Å². The maximum atomic E-state index is 12.1. The molecule has 2 aromatic carbocycles. The summed E-state index contributed by atoms with van der Waals surface area (Å²) in [7, 11) is 1.61. The molecule has 0 aliphatic heterocycles. The van der Waals surface area contributed by atoms with Gasteiger partial charge < -0.3 is 10.1 Å². The zero-order valence-corrected chi connectivity index (χ0v) is 15.2. The number of nitrogens with zero attached hydrogens (tertiary/aromatic N) is 3. The van der Waals surface area contributed by atoms with Crippen LogP contribution in [-0.2, 0) is 4.79 Å². The molecule has 0 fully saturated rings. The van der Waals surface area contributed by atoms with E-state index in [4.69, 9.17) is 4.74 Å². The van der Waals surface area contributed by atoms with E-state index in [0.29, 0.717) is 10.8 Å². The largest absolute Gasteiger partial charge is 0.497 e. The van der Waals surface area contributed by atoms with E-state index in [1.807, 2.05) is 35.0 Å². The van der Waals surface area contributed by atoms with Crippen LogP contribution in [0.1, 0.15) is 0 Å². The van der Waals surface area contributed by atoms with Gasteiger partial charge in [0.25, 0.3) is 5.69 Å². The minimum Gasteiger partial charge on any atom is -0.497 e. The third-order valence-electron chi connectivity index (χ3n) is 3.65. The van der Waals surface area contributed by atoms with E-state index in [0.717, 1.165) is 11.4 Å². The van der Waals surface area contributed by atoms with Gasteiger partial charge in [0.2, 0.25) is 5.91 Å². The molecule has 0 bridgehead atoms. The number of carbonyl (C=O) groups excluding carboxylic acids is 1. The molecule has 0 spiro atoms. The third kappa shape index (κ3) is 4.64. The Bertz CT molecular complexity index is 939. The molecule has 3 aromatic rings. The second kappa shape index (κ2) is 8.37. The molecule has 0 saturated heterocycles. The number of benzene rings is 2. The number of methoxy groups -OCH3 is 1. The Hall–Kier alpha value is -3.33. The second-order valence-electron chi connectivity index (χ2n) is 5.42. The van der Waals surface area contributed by atoms with Crippen LogP contribution in [0.4, 0.5) is 11.4 Å². The van der Waals surface area contributed by atoms with Crippen molar-refractivity contribution in [3.05, 3.63) is 71.0 Å². The van der Waals surface area contributed by atoms with Crippen LogP contribution in [-0.4, -0.2) is 33.2 Å². The molecule has 8 nitrogen and oxygen atoms in total. The van der Waals surface area contributed by atoms with Crippen LogP contribution < -0.4 is 10.1 Å². The van der Waals surface area contributed by atoms with Gasteiger partial charge in [0.05, 0.1) is 17.8 Å². The van der Waals surface area contributed by atoms with Crippen LogP contribution in [0.15, 0.2) is 66.1 Å². The lowest BCUT2D eigenvalue weighted by atomic mass is 10.3. The van der Waals surface area contributed by atoms with Crippen LogP contribution in [0, 0.1) is 10.1 Å². The maximum absolute atomic E-state index is 12.1. The van der Waals surface area contributed by atoms with Crippen molar-refractivity contribution in [2.75, 3.05) is 18.2 Å². The van der Waals surface area contributed by atoms with Crippen molar-refractivity contribution in [2.45, 2.75) is 5.16 Å². The fourth-order valence-corrected chi connectivity index (χ4v) is 3.10. The summed E-state index contributed by atoms with van der Waals surface area (Å²) in [6.07, 6.45) is 3.49. The molecule has 138 valence electrons. The molecule has 27 heavy (non-hydrogen) atoms. The van der Waals surface area contributed by atoms with E-state index in [2.05, 4.69) is 10.3 Å². The normalized spacial score (nSPS) is 10.4. The lowest BCUT2D eigenvalue weighted by Gasteiger charge is -2.09. The molecule has 0 saturated carbocycles. The first-order chi connectivity index (χ1) is 13.1. The molecule has 0 aliphatic rings. The first-order valence-corrected chi connectivity index (χ1v) is 8.90. The molecule has 3 rings (SSSR count). The predicted molar refractivity (Wildman–Crippen MR) is 103 cm³/mol. The molecular formula is C18H16N4O4S. The number of hydrogen-bond donors (Lipinski definition) is 1. The highest BCUT2D eigenvalue weighted by Gasteiger charge is 2.10. The number of carbonyl (C=O) groups is 1. The second-order valence-corrected chi connectivity index (χ2v) is 6.36. The average Bonchev–Trinajstić information content (AvgIpc) is 3.15. The van der Waals surface area contributed by atoms with Crippen molar-refractivity contribution >= 4 is 29.0 Å². The Labute approximate surface area is 159 Å². The Morgan fingerprint density at radius 3 is 2.56 bits per heavy atom. The van der Waals surface area contributed by atoms with Crippen molar-refractivity contribution in [1.29, 1.82) is 0 Å². The zero-order chi connectivity index (χ0) is 19.2. The van der Waals surface area contributed by atoms with Gasteiger partial charge in [-0.05, 0) is 36.4 Å². The van der Waals surface area contributed by atoms with Crippen molar-refractivity contribution in [1.82, 2.24) is 9.55 Å². The van der Waals surface area contributed by atoms with Gasteiger partial charge in [-0.1, -0.05) is 11.8 Å². The summed E-state index contributed by atoms with van der Waals surface area (Å²) in [4.78, 5) is 26.6. The summed E-state index contributed by atoms with van der Waals surface area (Å²) in [6.45, 7) is 0. The van der Waals surface area contributed by atoms with Crippen LogP contribution in [0.25, 0.3) is 5.69 Å². The zero-order valence-electron chi connectivity index (χ0n) is 14.4. The molecule has 0 atom stereocenters. The van der Waals surface area contributed by atoms with Gasteiger partial charge in [-0.15, -0.1) is 0 Å². The average molecular weight is 384 g/mol. The SMILES string of the molecule is COc1ccc(-n2ccnc2SCC(=O)Nc2ccc([N+](=O)[O-])cc2)cc1. The minimum absolute atomic E-state index is 0.0242. The number of ether oxygens (including phenoxy) is 1. The van der Waals surface area contributed by atoms with Gasteiger partial charge in [0.1, 0.15) is 5.75 Å². The van der Waals surface area contributed by atoms with Crippen LogP contribution >= 0.6 is 11.8 Å². The Morgan fingerprint density at radius 1 is 1.22 bits per heavy atom. The Kier molecular flexibility index (Phi) is 5.72. The van der Waals surface area contributed by atoms with Crippen LogP contribution in [0.2, 0.25) is 0 Å². The van der Waals surface area contributed by atoms with Gasteiger partial charge >= 0.3 is 0 Å². The van der Waals surface area contributed by atoms with E-state index in [-0.39, 0.29) is 17.3 Å². The summed E-state index contributed by atoms with van der Waals surface area (Å²) >= 11 is 1.29. The fourth-order valence-electron chi connectivity index (χ4n) is 2.33. The van der Waals surface area contributed by atoms with Crippen molar-refractivity contribution in [3.8, 4) is 11.4 Å². The number of anilines is 1. The molecule has 0 unspecified atom stereocenters. The standard InChI is InChI=1S/C18H16N4O4S/c1-26-16-8-6-14(7-9-16)21-11-10-19-18(21)27-12-17(23)20-13-2-4-15(5-3-13)22(24)25/h2-11H,12H2,1H3,(H,20,23). The highest BCUT2D eigenvalue weighted by atomic mass is 32.2. The molecule has 0 radical (unpaired) electrons. The maximum Gasteiger partial charge on any atom is 0.269 e. The molecular weight excluding hydrogens is 368 g/mol. The summed E-state index contributed by atoms with van der Waals surface area (Å²) in [5, 5.41) is 14.0. The number of thioether (sulfide) groups is 1. The van der Waals surface area contributed by atoms with Crippen molar-refractivity contribution in [2.24, 2.45) is 0 Å². The Balaban J connectivity index is 1.60. The van der Waals surface area contributed by atoms with Gasteiger partial charge in [-0.2, -0.15) is 0 Å². The van der Waals surface area contributed by atoms with E-state index in [1.165, 1.54) is 36.0 Å². The summed E-state index contributed by atoms with van der Waals surface area (Å²) in [5.74, 6) is 0.693. The van der Waals surface area contributed by atoms with Crippen molar-refractivity contribution < 1.29 is 14.5 Å². The topological polar surface area (TPSA) is 99.3 Å². The Morgan fingerprint density at radius 2 is 1.93 bits per heavy atom. The highest BCUT2D eigenvalue weighted by Crippen LogP contribution is 2.23. The third-order valence-corrected chi connectivity index (χ3v) is 4.62. The minimum atomic E-state index is -0.486. The van der Waals surface area contributed by atoms with E-state index in [9.17, 15) is 14.9 Å². The number of nitro groups is 1. The molecule has 0 aliphatic carbocycles. The first kappa shape index (κ1) is 18.5. The van der Waals surface area contributed by atoms with Gasteiger partial charge in [0, 0.05) is 35.9 Å². The predicted octanol–water partition coefficient (Wildman–Crippen LogP) is 3.52. The lowest BCUT2D eigenvalue weighted by Crippen LogP contribution is -2.14. The first-order valence-electron chi connectivity index (χ1n) is 7.91. The number of hydrogen-bond acceptors (Lipinski definition) is 6. The van der Waals surface area contributed by atoms with Crippen LogP contribution in [0.5, 0.6) is 5.75 Å². The fraction of sp³-hybridized carbons (Fsp3) is 0.111. The number of imidazole rings is 1. The number of aromatic nitrogens is 2. The van der Waals surface area contributed by atoms with Crippen LogP contribution in [0.3, 0.4) is 0 Å². The highest BCUT2D eigenvalue weighted by molar-refractivity contribution is 7.99. The van der Waals surface area contributed by atoms with E-state index < -0.39 is 4.92 Å².